The van der Waals surface area contributed by atoms with Crippen molar-refractivity contribution in [2.45, 2.75) is 58.2 Å². The summed E-state index contributed by atoms with van der Waals surface area (Å²) in [7, 11) is 0. The van der Waals surface area contributed by atoms with Crippen LogP contribution in [-0.4, -0.2) is 41.1 Å². The van der Waals surface area contributed by atoms with E-state index in [1.54, 1.807) is 18.1 Å². The van der Waals surface area contributed by atoms with Gasteiger partial charge < -0.3 is 19.7 Å². The zero-order valence-electron chi connectivity index (χ0n) is 17.6. The van der Waals surface area contributed by atoms with Gasteiger partial charge in [0.05, 0.1) is 12.3 Å². The highest BCUT2D eigenvalue weighted by Crippen LogP contribution is 2.40. The minimum Gasteiger partial charge on any atom is -0.465 e. The fourth-order valence-corrected chi connectivity index (χ4v) is 4.77. The summed E-state index contributed by atoms with van der Waals surface area (Å²) >= 11 is 0. The van der Waals surface area contributed by atoms with E-state index >= 15 is 0 Å². The van der Waals surface area contributed by atoms with E-state index in [1.165, 1.54) is 19.3 Å². The molecule has 0 radical (unpaired) electrons. The average molecular weight is 412 g/mol. The molecule has 2 N–H and O–H groups in total. The molecular weight excluding hydrogens is 382 g/mol. The number of nitrogens with zero attached hydrogens (tertiary/aromatic N) is 2. The topological polar surface area (TPSA) is 86.0 Å². The first-order chi connectivity index (χ1) is 14.4. The Morgan fingerprint density at radius 2 is 1.97 bits per heavy atom. The van der Waals surface area contributed by atoms with Crippen LogP contribution >= 0.6 is 0 Å². The molecule has 7 nitrogen and oxygen atoms in total. The second-order valence-corrected chi connectivity index (χ2v) is 8.41. The molecule has 2 aliphatic heterocycles. The van der Waals surface area contributed by atoms with Crippen molar-refractivity contribution in [2.75, 3.05) is 18.0 Å². The number of benzene rings is 1. The smallest absolute Gasteiger partial charge is 0.405 e. The molecule has 1 aromatic heterocycles. The van der Waals surface area contributed by atoms with Crippen molar-refractivity contribution in [1.29, 1.82) is 0 Å². The SMILES string of the molecule is CC(=O)N1c2ccc(-c3cc(CN4CCCCC4)co3)cc2C(NC(=O)O)CC1C. The molecule has 0 aliphatic carbocycles. The number of hydrogen-bond donors (Lipinski definition) is 2. The summed E-state index contributed by atoms with van der Waals surface area (Å²) < 4.78 is 5.85. The summed E-state index contributed by atoms with van der Waals surface area (Å²) in [5.41, 5.74) is 3.58. The van der Waals surface area contributed by atoms with E-state index in [1.807, 2.05) is 25.1 Å². The first-order valence-corrected chi connectivity index (χ1v) is 10.7. The van der Waals surface area contributed by atoms with Crippen LogP contribution in [0.3, 0.4) is 0 Å². The summed E-state index contributed by atoms with van der Waals surface area (Å²) in [5, 5.41) is 11.9. The molecule has 0 bridgehead atoms. The van der Waals surface area contributed by atoms with Crippen molar-refractivity contribution >= 4 is 17.7 Å². The number of carboxylic acid groups (broad SMARTS) is 1. The van der Waals surface area contributed by atoms with Gasteiger partial charge in [-0.15, -0.1) is 0 Å². The van der Waals surface area contributed by atoms with Crippen molar-refractivity contribution in [3.8, 4) is 11.3 Å². The third-order valence-corrected chi connectivity index (χ3v) is 6.11. The van der Waals surface area contributed by atoms with Crippen LogP contribution in [0.25, 0.3) is 11.3 Å². The fourth-order valence-electron chi connectivity index (χ4n) is 4.77. The molecule has 1 saturated heterocycles. The van der Waals surface area contributed by atoms with Gasteiger partial charge in [-0.25, -0.2) is 4.79 Å². The predicted molar refractivity (Wildman–Crippen MR) is 114 cm³/mol. The Hall–Kier alpha value is -2.80. The van der Waals surface area contributed by atoms with Crippen molar-refractivity contribution in [3.63, 3.8) is 0 Å². The molecule has 2 amide bonds. The summed E-state index contributed by atoms with van der Waals surface area (Å²) in [6, 6.07) is 7.38. The highest BCUT2D eigenvalue weighted by atomic mass is 16.4. The number of anilines is 1. The lowest BCUT2D eigenvalue weighted by atomic mass is 9.90. The van der Waals surface area contributed by atoms with E-state index in [9.17, 15) is 14.7 Å². The number of piperidine rings is 1. The molecule has 1 fully saturated rings. The van der Waals surface area contributed by atoms with Gasteiger partial charge in [0.15, 0.2) is 0 Å². The van der Waals surface area contributed by atoms with Gasteiger partial charge in [-0.05, 0) is 69.1 Å². The zero-order chi connectivity index (χ0) is 21.3. The molecular formula is C23H29N3O4. The van der Waals surface area contributed by atoms with E-state index in [-0.39, 0.29) is 18.0 Å². The number of rotatable bonds is 4. The lowest BCUT2D eigenvalue weighted by Crippen LogP contribution is -2.45. The van der Waals surface area contributed by atoms with Crippen molar-refractivity contribution in [2.24, 2.45) is 0 Å². The number of likely N-dealkylation sites (tertiary alicyclic amines) is 1. The molecule has 2 aromatic rings. The number of amides is 2. The Morgan fingerprint density at radius 1 is 1.20 bits per heavy atom. The van der Waals surface area contributed by atoms with Crippen LogP contribution in [0.5, 0.6) is 0 Å². The number of carbonyl (C=O) groups is 2. The third-order valence-electron chi connectivity index (χ3n) is 6.11. The second-order valence-electron chi connectivity index (χ2n) is 8.41. The first-order valence-electron chi connectivity index (χ1n) is 10.7. The van der Waals surface area contributed by atoms with Gasteiger partial charge in [0.2, 0.25) is 5.91 Å². The van der Waals surface area contributed by atoms with Crippen molar-refractivity contribution in [3.05, 3.63) is 41.7 Å². The molecule has 3 heterocycles. The van der Waals surface area contributed by atoms with Gasteiger partial charge >= 0.3 is 6.09 Å². The lowest BCUT2D eigenvalue weighted by Gasteiger charge is -2.39. The summed E-state index contributed by atoms with van der Waals surface area (Å²) in [6.07, 6.45) is 5.07. The largest absolute Gasteiger partial charge is 0.465 e. The number of nitrogens with one attached hydrogen (secondary N) is 1. The zero-order valence-corrected chi connectivity index (χ0v) is 17.6. The Labute approximate surface area is 176 Å². The molecule has 30 heavy (non-hydrogen) atoms. The fraction of sp³-hybridized carbons (Fsp3) is 0.478. The summed E-state index contributed by atoms with van der Waals surface area (Å²) in [6.45, 7) is 6.61. The maximum atomic E-state index is 12.2. The third kappa shape index (κ3) is 4.21. The molecule has 0 spiro atoms. The highest BCUT2D eigenvalue weighted by Gasteiger charge is 2.33. The molecule has 7 heteroatoms. The second kappa shape index (κ2) is 8.52. The predicted octanol–water partition coefficient (Wildman–Crippen LogP) is 4.39. The van der Waals surface area contributed by atoms with E-state index in [0.717, 1.165) is 47.8 Å². The van der Waals surface area contributed by atoms with Gasteiger partial charge in [-0.3, -0.25) is 9.69 Å². The Kier molecular flexibility index (Phi) is 5.81. The first kappa shape index (κ1) is 20.5. The molecule has 2 unspecified atom stereocenters. The van der Waals surface area contributed by atoms with E-state index in [4.69, 9.17) is 4.42 Å². The normalized spacial score (nSPS) is 21.9. The monoisotopic (exact) mass is 411 g/mol. The summed E-state index contributed by atoms with van der Waals surface area (Å²) in [5.74, 6) is 0.707. The molecule has 160 valence electrons. The van der Waals surface area contributed by atoms with Crippen LogP contribution in [0.15, 0.2) is 34.9 Å². The van der Waals surface area contributed by atoms with Crippen LogP contribution in [0.1, 0.15) is 56.7 Å². The van der Waals surface area contributed by atoms with Gasteiger partial charge in [-0.2, -0.15) is 0 Å². The van der Waals surface area contributed by atoms with Crippen molar-refractivity contribution < 1.29 is 19.1 Å². The van der Waals surface area contributed by atoms with Gasteiger partial charge in [0.1, 0.15) is 5.76 Å². The van der Waals surface area contributed by atoms with Gasteiger partial charge in [-0.1, -0.05) is 6.42 Å². The van der Waals surface area contributed by atoms with Crippen LogP contribution in [0, 0.1) is 0 Å². The maximum Gasteiger partial charge on any atom is 0.405 e. The van der Waals surface area contributed by atoms with E-state index in [0.29, 0.717) is 6.42 Å². The van der Waals surface area contributed by atoms with Gasteiger partial charge in [0, 0.05) is 36.3 Å². The van der Waals surface area contributed by atoms with Crippen LogP contribution in [0.2, 0.25) is 0 Å². The quantitative estimate of drug-likeness (QED) is 0.779. The molecule has 4 rings (SSSR count). The minimum atomic E-state index is -1.07. The van der Waals surface area contributed by atoms with Crippen molar-refractivity contribution in [1.82, 2.24) is 10.2 Å². The lowest BCUT2D eigenvalue weighted by molar-refractivity contribution is -0.117. The number of carbonyl (C=O) groups excluding carboxylic acids is 1. The molecule has 0 saturated carbocycles. The number of fused-ring (bicyclic) bond motifs is 1. The van der Waals surface area contributed by atoms with Crippen LogP contribution in [0.4, 0.5) is 10.5 Å². The Bertz CT molecular complexity index is 932. The molecule has 2 aliphatic rings. The highest BCUT2D eigenvalue weighted by molar-refractivity contribution is 5.94. The maximum absolute atomic E-state index is 12.2. The minimum absolute atomic E-state index is 0.0490. The van der Waals surface area contributed by atoms with E-state index < -0.39 is 6.09 Å². The molecule has 1 aromatic carbocycles. The molecule has 2 atom stereocenters. The van der Waals surface area contributed by atoms with E-state index in [2.05, 4.69) is 16.3 Å². The standard InChI is InChI=1S/C23H29N3O4/c1-15-10-20(24-23(28)29)19-12-18(6-7-21(19)26(15)16(2)27)22-11-17(14-30-22)13-25-8-4-3-5-9-25/h6-7,11-12,14-15,20,24H,3-5,8-10,13H2,1-2H3,(H,28,29). The summed E-state index contributed by atoms with van der Waals surface area (Å²) in [4.78, 5) is 27.7. The Balaban J connectivity index is 1.63. The van der Waals surface area contributed by atoms with Crippen LogP contribution < -0.4 is 10.2 Å². The number of furan rings is 1. The Morgan fingerprint density at radius 3 is 2.67 bits per heavy atom. The van der Waals surface area contributed by atoms with Crippen LogP contribution in [-0.2, 0) is 11.3 Å². The average Bonchev–Trinajstić information content (AvgIpc) is 3.16. The number of hydrogen-bond acceptors (Lipinski definition) is 4. The van der Waals surface area contributed by atoms with Gasteiger partial charge in [0.25, 0.3) is 0 Å².